The number of halogens is 3. The average Bonchev–Trinajstić information content (AvgIpc) is 2.48. The van der Waals surface area contributed by atoms with Crippen LogP contribution in [0.15, 0.2) is 0 Å². The Kier molecular flexibility index (Phi) is 3.36. The van der Waals surface area contributed by atoms with Crippen LogP contribution in [0.4, 0.5) is 13.2 Å². The fraction of sp³-hybridized carbons (Fsp3) is 1.00. The van der Waals surface area contributed by atoms with Gasteiger partial charge in [0.25, 0.3) is 0 Å². The molecule has 0 radical (unpaired) electrons. The molecule has 90 valence electrons. The maximum Gasteiger partial charge on any atom is 0.418 e. The van der Waals surface area contributed by atoms with Crippen LogP contribution in [0.3, 0.4) is 0 Å². The molecule has 1 rings (SSSR count). The molecular formula is C10H18F3NO. The second-order valence-corrected chi connectivity index (χ2v) is 4.63. The highest BCUT2D eigenvalue weighted by atomic mass is 19.4. The monoisotopic (exact) mass is 225 g/mol. The van der Waals surface area contributed by atoms with Crippen molar-refractivity contribution in [2.45, 2.75) is 57.5 Å². The van der Waals surface area contributed by atoms with Gasteiger partial charge >= 0.3 is 6.18 Å². The maximum absolute atomic E-state index is 12.6. The highest BCUT2D eigenvalue weighted by Gasteiger charge is 2.57. The van der Waals surface area contributed by atoms with E-state index in [0.717, 1.165) is 13.3 Å². The molecule has 0 saturated carbocycles. The molecule has 1 heterocycles. The van der Waals surface area contributed by atoms with Crippen molar-refractivity contribution in [3.05, 3.63) is 0 Å². The second kappa shape index (κ2) is 3.94. The van der Waals surface area contributed by atoms with Crippen LogP contribution >= 0.6 is 0 Å². The summed E-state index contributed by atoms with van der Waals surface area (Å²) in [5, 5.41) is 9.60. The van der Waals surface area contributed by atoms with Crippen molar-refractivity contribution < 1.29 is 18.3 Å². The third kappa shape index (κ3) is 2.28. The first kappa shape index (κ1) is 12.8. The molecule has 1 aliphatic heterocycles. The first-order valence-corrected chi connectivity index (χ1v) is 5.22. The Labute approximate surface area is 88.1 Å². The molecular weight excluding hydrogens is 207 g/mol. The normalized spacial score (nSPS) is 28.4. The number of hydrogen-bond acceptors (Lipinski definition) is 2. The quantitative estimate of drug-likeness (QED) is 0.778. The van der Waals surface area contributed by atoms with Gasteiger partial charge in [-0.1, -0.05) is 0 Å². The zero-order valence-corrected chi connectivity index (χ0v) is 9.30. The number of aliphatic hydroxyl groups is 1. The lowest BCUT2D eigenvalue weighted by Crippen LogP contribution is -2.58. The summed E-state index contributed by atoms with van der Waals surface area (Å²) in [6.07, 6.45) is -3.44. The summed E-state index contributed by atoms with van der Waals surface area (Å²) in [5.74, 6) is 0. The fourth-order valence-corrected chi connectivity index (χ4v) is 2.20. The topological polar surface area (TPSA) is 23.5 Å². The van der Waals surface area contributed by atoms with E-state index < -0.39 is 17.8 Å². The number of alkyl halides is 3. The summed E-state index contributed by atoms with van der Waals surface area (Å²) >= 11 is 0. The van der Waals surface area contributed by atoms with E-state index in [2.05, 4.69) is 0 Å². The van der Waals surface area contributed by atoms with Gasteiger partial charge in [0.2, 0.25) is 0 Å². The van der Waals surface area contributed by atoms with Gasteiger partial charge in [-0.15, -0.1) is 0 Å². The van der Waals surface area contributed by atoms with E-state index in [-0.39, 0.29) is 6.04 Å². The number of hydrogen-bond donors (Lipinski definition) is 1. The third-order valence-electron chi connectivity index (χ3n) is 3.18. The molecule has 0 aromatic carbocycles. The van der Waals surface area contributed by atoms with Gasteiger partial charge in [0, 0.05) is 12.1 Å². The van der Waals surface area contributed by atoms with Crippen molar-refractivity contribution >= 4 is 0 Å². The molecule has 1 saturated heterocycles. The minimum Gasteiger partial charge on any atom is -0.379 e. The Bertz CT molecular complexity index is 225. The zero-order chi connectivity index (χ0) is 11.9. The highest BCUT2D eigenvalue weighted by Crippen LogP contribution is 2.39. The van der Waals surface area contributed by atoms with Gasteiger partial charge < -0.3 is 5.11 Å². The molecule has 2 nitrogen and oxygen atoms in total. The first-order valence-electron chi connectivity index (χ1n) is 5.22. The van der Waals surface area contributed by atoms with Crippen molar-refractivity contribution in [2.75, 3.05) is 6.54 Å². The van der Waals surface area contributed by atoms with E-state index in [9.17, 15) is 18.3 Å². The standard InChI is InChI=1S/C10H18F3NO/c1-7(2)14-6-4-5-8(14)9(3,15)10(11,12)13/h7-8,15H,4-6H2,1-3H3/t8-,9?/m0/s1. The first-order chi connectivity index (χ1) is 6.68. The maximum atomic E-state index is 12.6. The Hall–Kier alpha value is -0.290. The molecule has 0 aromatic heterocycles. The average molecular weight is 225 g/mol. The molecule has 1 unspecified atom stereocenters. The SMILES string of the molecule is CC(C)N1CCC[C@H]1C(C)(O)C(F)(F)F. The van der Waals surface area contributed by atoms with Crippen LogP contribution in [-0.2, 0) is 0 Å². The summed E-state index contributed by atoms with van der Waals surface area (Å²) < 4.78 is 37.9. The van der Waals surface area contributed by atoms with Gasteiger partial charge in [0.1, 0.15) is 0 Å². The molecule has 0 aromatic rings. The van der Waals surface area contributed by atoms with Crippen LogP contribution in [0, 0.1) is 0 Å². The van der Waals surface area contributed by atoms with Crippen LogP contribution in [0.5, 0.6) is 0 Å². The smallest absolute Gasteiger partial charge is 0.379 e. The molecule has 1 fully saturated rings. The number of likely N-dealkylation sites (tertiary alicyclic amines) is 1. The highest BCUT2D eigenvalue weighted by molar-refractivity contribution is 4.99. The molecule has 0 amide bonds. The van der Waals surface area contributed by atoms with Gasteiger partial charge in [-0.05, 0) is 40.2 Å². The molecule has 1 aliphatic rings. The van der Waals surface area contributed by atoms with Gasteiger partial charge in [-0.2, -0.15) is 13.2 Å². The fourth-order valence-electron chi connectivity index (χ4n) is 2.20. The van der Waals surface area contributed by atoms with Crippen molar-refractivity contribution in [2.24, 2.45) is 0 Å². The Morgan fingerprint density at radius 1 is 1.33 bits per heavy atom. The van der Waals surface area contributed by atoms with Crippen molar-refractivity contribution in [3.8, 4) is 0 Å². The lowest BCUT2D eigenvalue weighted by atomic mass is 9.93. The molecule has 0 spiro atoms. The van der Waals surface area contributed by atoms with Crippen LogP contribution in [0.2, 0.25) is 0 Å². The van der Waals surface area contributed by atoms with Gasteiger partial charge in [-0.3, -0.25) is 4.90 Å². The lowest BCUT2D eigenvalue weighted by Gasteiger charge is -2.39. The Balaban J connectivity index is 2.87. The van der Waals surface area contributed by atoms with Gasteiger partial charge in [0.05, 0.1) is 0 Å². The van der Waals surface area contributed by atoms with Crippen molar-refractivity contribution in [1.82, 2.24) is 4.90 Å². The van der Waals surface area contributed by atoms with Crippen LogP contribution < -0.4 is 0 Å². The summed E-state index contributed by atoms with van der Waals surface area (Å²) in [5.41, 5.74) is -2.60. The number of rotatable bonds is 2. The molecule has 0 bridgehead atoms. The number of nitrogens with zero attached hydrogens (tertiary/aromatic N) is 1. The van der Waals surface area contributed by atoms with E-state index in [1.54, 1.807) is 4.90 Å². The minimum atomic E-state index is -4.56. The van der Waals surface area contributed by atoms with E-state index in [4.69, 9.17) is 0 Å². The largest absolute Gasteiger partial charge is 0.418 e. The summed E-state index contributed by atoms with van der Waals surface area (Å²) in [7, 11) is 0. The Morgan fingerprint density at radius 3 is 2.27 bits per heavy atom. The summed E-state index contributed by atoms with van der Waals surface area (Å²) in [6.45, 7) is 5.21. The predicted molar refractivity (Wildman–Crippen MR) is 51.5 cm³/mol. The third-order valence-corrected chi connectivity index (χ3v) is 3.18. The van der Waals surface area contributed by atoms with Crippen LogP contribution in [0.25, 0.3) is 0 Å². The van der Waals surface area contributed by atoms with Crippen LogP contribution in [0.1, 0.15) is 33.6 Å². The van der Waals surface area contributed by atoms with Crippen molar-refractivity contribution in [3.63, 3.8) is 0 Å². The predicted octanol–water partition coefficient (Wildman–Crippen LogP) is 2.17. The van der Waals surface area contributed by atoms with E-state index >= 15 is 0 Å². The van der Waals surface area contributed by atoms with E-state index in [1.165, 1.54) is 0 Å². The lowest BCUT2D eigenvalue weighted by molar-refractivity contribution is -0.271. The molecule has 1 N–H and O–H groups in total. The molecule has 5 heteroatoms. The minimum absolute atomic E-state index is 0.0336. The second-order valence-electron chi connectivity index (χ2n) is 4.63. The summed E-state index contributed by atoms with van der Waals surface area (Å²) in [4.78, 5) is 1.73. The van der Waals surface area contributed by atoms with Gasteiger partial charge in [0.15, 0.2) is 5.60 Å². The van der Waals surface area contributed by atoms with Crippen LogP contribution in [-0.4, -0.2) is 40.4 Å². The Morgan fingerprint density at radius 2 is 1.87 bits per heavy atom. The van der Waals surface area contributed by atoms with E-state index in [0.29, 0.717) is 13.0 Å². The molecule has 0 aliphatic carbocycles. The summed E-state index contributed by atoms with van der Waals surface area (Å²) in [6, 6.07) is -0.774. The van der Waals surface area contributed by atoms with E-state index in [1.807, 2.05) is 13.8 Å². The van der Waals surface area contributed by atoms with Gasteiger partial charge in [-0.25, -0.2) is 0 Å². The molecule has 2 atom stereocenters. The molecule has 15 heavy (non-hydrogen) atoms. The zero-order valence-electron chi connectivity index (χ0n) is 9.30. The van der Waals surface area contributed by atoms with Crippen molar-refractivity contribution in [1.29, 1.82) is 0 Å².